The van der Waals surface area contributed by atoms with Crippen molar-refractivity contribution in [1.82, 2.24) is 10.5 Å². The Morgan fingerprint density at radius 1 is 1.19 bits per heavy atom. The van der Waals surface area contributed by atoms with Crippen LogP contribution in [0.5, 0.6) is 0 Å². The summed E-state index contributed by atoms with van der Waals surface area (Å²) in [5.74, 6) is -3.82. The Morgan fingerprint density at radius 2 is 1.85 bits per heavy atom. The molecule has 1 atom stereocenters. The fraction of sp³-hybridized carbons (Fsp3) is 0.235. The fourth-order valence-electron chi connectivity index (χ4n) is 1.97. The molecule has 0 spiro atoms. The number of rotatable bonds is 7. The summed E-state index contributed by atoms with van der Waals surface area (Å²) in [6.07, 6.45) is 0. The summed E-state index contributed by atoms with van der Waals surface area (Å²) in [4.78, 5) is 47.0. The molecule has 0 fully saturated rings. The number of hydrogen-bond donors (Lipinski definition) is 3. The lowest BCUT2D eigenvalue weighted by Crippen LogP contribution is -2.47. The van der Waals surface area contributed by atoms with Crippen LogP contribution in [0.1, 0.15) is 21.7 Å². The number of aromatic nitrogens is 1. The molecule has 1 unspecified atom stereocenters. The maximum absolute atomic E-state index is 12.1. The second kappa shape index (κ2) is 8.61. The number of amides is 2. The normalized spacial score (nSPS) is 11.3. The number of nitrogens with zero attached hydrogens (tertiary/aromatic N) is 1. The number of hydrogen-bond acceptors (Lipinski definition) is 7. The van der Waals surface area contributed by atoms with Gasteiger partial charge in [0.15, 0.2) is 12.4 Å². The van der Waals surface area contributed by atoms with Crippen LogP contribution in [-0.2, 0) is 19.1 Å². The summed E-state index contributed by atoms with van der Waals surface area (Å²) in [5, 5.41) is 17.0. The lowest BCUT2D eigenvalue weighted by molar-refractivity contribution is -0.156. The molecule has 10 nitrogen and oxygen atoms in total. The van der Waals surface area contributed by atoms with Gasteiger partial charge in [0, 0.05) is 11.6 Å². The summed E-state index contributed by atoms with van der Waals surface area (Å²) >= 11 is 0. The van der Waals surface area contributed by atoms with E-state index >= 15 is 0 Å². The van der Waals surface area contributed by atoms with Gasteiger partial charge in [-0.1, -0.05) is 22.9 Å². The predicted molar refractivity (Wildman–Crippen MR) is 90.9 cm³/mol. The van der Waals surface area contributed by atoms with Gasteiger partial charge < -0.3 is 25.0 Å². The van der Waals surface area contributed by atoms with E-state index in [1.54, 1.807) is 19.1 Å². The first-order chi connectivity index (χ1) is 12.8. The van der Waals surface area contributed by atoms with Crippen LogP contribution < -0.4 is 10.6 Å². The standard InChI is InChI=1S/C17H17N3O7/c1-9-3-5-11(6-4-9)15(22)19-14(16(23)24)17(25)26-8-13(21)18-12-7-10(2)27-20-12/h3-7,14H,8H2,1-2H3,(H,19,22)(H,23,24)(H,18,20,21). The topological polar surface area (TPSA) is 148 Å². The Hall–Kier alpha value is -3.69. The van der Waals surface area contributed by atoms with Crippen molar-refractivity contribution >= 4 is 29.6 Å². The first-order valence-electron chi connectivity index (χ1n) is 7.76. The number of esters is 1. The molecule has 2 rings (SSSR count). The van der Waals surface area contributed by atoms with Crippen LogP contribution in [0.4, 0.5) is 5.82 Å². The summed E-state index contributed by atoms with van der Waals surface area (Å²) in [7, 11) is 0. The molecular weight excluding hydrogens is 358 g/mol. The van der Waals surface area contributed by atoms with Crippen LogP contribution in [0.25, 0.3) is 0 Å². The Bertz CT molecular complexity index is 858. The van der Waals surface area contributed by atoms with Gasteiger partial charge in [0.25, 0.3) is 11.8 Å². The number of benzene rings is 1. The Kier molecular flexibility index (Phi) is 6.26. The van der Waals surface area contributed by atoms with Crippen molar-refractivity contribution < 1.29 is 33.5 Å². The second-order valence-electron chi connectivity index (χ2n) is 5.59. The smallest absolute Gasteiger partial charge is 0.340 e. The molecule has 3 N–H and O–H groups in total. The predicted octanol–water partition coefficient (Wildman–Crippen LogP) is 0.656. The molecule has 1 heterocycles. The highest BCUT2D eigenvalue weighted by Gasteiger charge is 2.30. The third-order valence-electron chi connectivity index (χ3n) is 3.31. The molecule has 27 heavy (non-hydrogen) atoms. The van der Waals surface area contributed by atoms with Gasteiger partial charge in [-0.2, -0.15) is 0 Å². The number of aryl methyl sites for hydroxylation is 2. The SMILES string of the molecule is Cc1ccc(C(=O)NC(C(=O)O)C(=O)OCC(=O)Nc2cc(C)on2)cc1. The number of aliphatic carboxylic acids is 1. The molecule has 10 heteroatoms. The van der Waals surface area contributed by atoms with E-state index in [2.05, 4.69) is 20.5 Å². The molecule has 0 bridgehead atoms. The van der Waals surface area contributed by atoms with E-state index in [9.17, 15) is 19.2 Å². The minimum absolute atomic E-state index is 0.121. The molecule has 0 aliphatic heterocycles. The Morgan fingerprint density at radius 3 is 2.41 bits per heavy atom. The maximum atomic E-state index is 12.1. The second-order valence-corrected chi connectivity index (χ2v) is 5.59. The van der Waals surface area contributed by atoms with Crippen LogP contribution in [-0.4, -0.2) is 46.7 Å². The molecule has 0 saturated heterocycles. The first kappa shape index (κ1) is 19.6. The van der Waals surface area contributed by atoms with Crippen LogP contribution in [0.15, 0.2) is 34.9 Å². The van der Waals surface area contributed by atoms with Gasteiger partial charge in [0.2, 0.25) is 6.04 Å². The summed E-state index contributed by atoms with van der Waals surface area (Å²) < 4.78 is 9.41. The molecule has 2 aromatic rings. The zero-order valence-corrected chi connectivity index (χ0v) is 14.5. The van der Waals surface area contributed by atoms with E-state index in [0.717, 1.165) is 5.56 Å². The van der Waals surface area contributed by atoms with E-state index in [-0.39, 0.29) is 11.4 Å². The molecule has 0 aliphatic rings. The van der Waals surface area contributed by atoms with E-state index in [1.165, 1.54) is 18.2 Å². The van der Waals surface area contributed by atoms with Gasteiger partial charge >= 0.3 is 11.9 Å². The van der Waals surface area contributed by atoms with Crippen molar-refractivity contribution in [3.63, 3.8) is 0 Å². The summed E-state index contributed by atoms with van der Waals surface area (Å²) in [5.41, 5.74) is 1.09. The minimum Gasteiger partial charge on any atom is -0.479 e. The van der Waals surface area contributed by atoms with Crippen molar-refractivity contribution in [2.24, 2.45) is 0 Å². The molecule has 0 saturated carbocycles. The number of carboxylic acids is 1. The molecule has 1 aromatic heterocycles. The third-order valence-corrected chi connectivity index (χ3v) is 3.31. The van der Waals surface area contributed by atoms with Crippen molar-refractivity contribution in [3.8, 4) is 0 Å². The average Bonchev–Trinajstić information content (AvgIpc) is 3.02. The molecule has 1 aromatic carbocycles. The van der Waals surface area contributed by atoms with E-state index < -0.39 is 36.4 Å². The minimum atomic E-state index is -1.96. The van der Waals surface area contributed by atoms with Gasteiger partial charge in [-0.3, -0.25) is 9.59 Å². The number of carbonyl (C=O) groups excluding carboxylic acids is 3. The van der Waals surface area contributed by atoms with Gasteiger partial charge in [0.05, 0.1) is 0 Å². The number of ether oxygens (including phenoxy) is 1. The molecular formula is C17H17N3O7. The number of nitrogens with one attached hydrogen (secondary N) is 2. The third kappa shape index (κ3) is 5.66. The number of anilines is 1. The van der Waals surface area contributed by atoms with Gasteiger partial charge in [-0.25, -0.2) is 9.59 Å². The van der Waals surface area contributed by atoms with Crippen molar-refractivity contribution in [2.45, 2.75) is 19.9 Å². The average molecular weight is 375 g/mol. The lowest BCUT2D eigenvalue weighted by atomic mass is 10.1. The van der Waals surface area contributed by atoms with Crippen LogP contribution in [0.3, 0.4) is 0 Å². The largest absolute Gasteiger partial charge is 0.479 e. The highest BCUT2D eigenvalue weighted by molar-refractivity contribution is 6.05. The van der Waals surface area contributed by atoms with Gasteiger partial charge in [-0.15, -0.1) is 0 Å². The molecule has 0 aliphatic carbocycles. The maximum Gasteiger partial charge on any atom is 0.340 e. The quantitative estimate of drug-likeness (QED) is 0.472. The first-order valence-corrected chi connectivity index (χ1v) is 7.76. The highest BCUT2D eigenvalue weighted by Crippen LogP contribution is 2.07. The van der Waals surface area contributed by atoms with Gasteiger partial charge in [-0.05, 0) is 26.0 Å². The molecule has 142 valence electrons. The van der Waals surface area contributed by atoms with E-state index in [0.29, 0.717) is 5.76 Å². The summed E-state index contributed by atoms with van der Waals surface area (Å²) in [6.45, 7) is 2.69. The van der Waals surface area contributed by atoms with Crippen molar-refractivity contribution in [3.05, 3.63) is 47.2 Å². The number of carboxylic acid groups (broad SMARTS) is 1. The van der Waals surface area contributed by atoms with E-state index in [4.69, 9.17) is 9.63 Å². The van der Waals surface area contributed by atoms with Crippen LogP contribution >= 0.6 is 0 Å². The van der Waals surface area contributed by atoms with Crippen molar-refractivity contribution in [1.29, 1.82) is 0 Å². The fourth-order valence-corrected chi connectivity index (χ4v) is 1.97. The lowest BCUT2D eigenvalue weighted by Gasteiger charge is -2.13. The Labute approximate surface area is 153 Å². The zero-order valence-electron chi connectivity index (χ0n) is 14.5. The van der Waals surface area contributed by atoms with E-state index in [1.807, 2.05) is 6.92 Å². The highest BCUT2D eigenvalue weighted by atomic mass is 16.5. The molecule has 2 amide bonds. The van der Waals surface area contributed by atoms with Crippen molar-refractivity contribution in [2.75, 3.05) is 11.9 Å². The van der Waals surface area contributed by atoms with Crippen LogP contribution in [0.2, 0.25) is 0 Å². The van der Waals surface area contributed by atoms with Gasteiger partial charge in [0.1, 0.15) is 5.76 Å². The molecule has 0 radical (unpaired) electrons. The Balaban J connectivity index is 1.92. The zero-order chi connectivity index (χ0) is 20.0. The monoisotopic (exact) mass is 375 g/mol. The summed E-state index contributed by atoms with van der Waals surface area (Å²) in [6, 6.07) is 5.80. The number of carbonyl (C=O) groups is 4. The van der Waals surface area contributed by atoms with Crippen LogP contribution in [0, 0.1) is 13.8 Å².